The zero-order valence-electron chi connectivity index (χ0n) is 14.8. The molecular formula is C19H18N6O2. The van der Waals surface area contributed by atoms with Crippen LogP contribution in [0.5, 0.6) is 11.5 Å². The van der Waals surface area contributed by atoms with Crippen LogP contribution in [0.4, 0.5) is 11.6 Å². The lowest BCUT2D eigenvalue weighted by Crippen LogP contribution is -2.06. The molecule has 0 fully saturated rings. The van der Waals surface area contributed by atoms with Crippen molar-refractivity contribution < 1.29 is 9.47 Å². The van der Waals surface area contributed by atoms with Gasteiger partial charge in [0.05, 0.1) is 10.9 Å². The molecule has 0 unspecified atom stereocenters. The van der Waals surface area contributed by atoms with Crippen LogP contribution in [0, 0.1) is 0 Å². The van der Waals surface area contributed by atoms with Crippen LogP contribution in [0.1, 0.15) is 18.3 Å². The van der Waals surface area contributed by atoms with Crippen molar-refractivity contribution in [2.45, 2.75) is 13.3 Å². The van der Waals surface area contributed by atoms with Crippen molar-refractivity contribution >= 4 is 28.2 Å². The largest absolute Gasteiger partial charge is 0.454 e. The number of nitrogens with zero attached hydrogens (tertiary/aromatic N) is 4. The van der Waals surface area contributed by atoms with Crippen LogP contribution < -0.4 is 20.5 Å². The minimum absolute atomic E-state index is 0.225. The molecular weight excluding hydrogens is 344 g/mol. The first-order valence-corrected chi connectivity index (χ1v) is 8.79. The summed E-state index contributed by atoms with van der Waals surface area (Å²) in [6.45, 7) is 3.10. The number of rotatable bonds is 4. The maximum absolute atomic E-state index is 5.91. The lowest BCUT2D eigenvalue weighted by atomic mass is 10.1. The minimum Gasteiger partial charge on any atom is -0.454 e. The number of anilines is 2. The lowest BCUT2D eigenvalue weighted by molar-refractivity contribution is 0.174. The molecule has 3 heterocycles. The average Bonchev–Trinajstić information content (AvgIpc) is 3.27. The van der Waals surface area contributed by atoms with Gasteiger partial charge in [0.2, 0.25) is 12.7 Å². The van der Waals surface area contributed by atoms with Gasteiger partial charge in [0.25, 0.3) is 0 Å². The van der Waals surface area contributed by atoms with Gasteiger partial charge in [-0.25, -0.2) is 4.98 Å². The molecule has 0 spiro atoms. The summed E-state index contributed by atoms with van der Waals surface area (Å²) in [6.07, 6.45) is 0.567. The Balaban J connectivity index is 1.67. The Morgan fingerprint density at radius 2 is 2.04 bits per heavy atom. The fourth-order valence-electron chi connectivity index (χ4n) is 3.41. The average molecular weight is 362 g/mol. The van der Waals surface area contributed by atoms with Crippen LogP contribution in [0.25, 0.3) is 16.6 Å². The highest BCUT2D eigenvalue weighted by molar-refractivity contribution is 6.01. The first kappa shape index (κ1) is 15.7. The van der Waals surface area contributed by atoms with Gasteiger partial charge < -0.3 is 20.5 Å². The Bertz CT molecular complexity index is 1170. The summed E-state index contributed by atoms with van der Waals surface area (Å²) in [7, 11) is 0. The van der Waals surface area contributed by atoms with Crippen LogP contribution >= 0.6 is 0 Å². The van der Waals surface area contributed by atoms with Gasteiger partial charge in [0.15, 0.2) is 17.1 Å². The molecule has 0 atom stereocenters. The summed E-state index contributed by atoms with van der Waals surface area (Å²) in [5.41, 5.74) is 9.48. The zero-order chi connectivity index (χ0) is 18.4. The highest BCUT2D eigenvalue weighted by Crippen LogP contribution is 2.33. The standard InChI is InChI=1S/C19H18N6O2/c1-2-21-12-4-3-5-13-17(12)18-23-19(20)24-25(18)16(22-13)9-11-6-7-14-15(8-11)27-10-26-14/h3-8,21H,2,9-10H2,1H3,(H2,20,24). The predicted molar refractivity (Wildman–Crippen MR) is 102 cm³/mol. The van der Waals surface area contributed by atoms with Crippen LogP contribution in [0.3, 0.4) is 0 Å². The summed E-state index contributed by atoms with van der Waals surface area (Å²) in [4.78, 5) is 9.29. The van der Waals surface area contributed by atoms with E-state index >= 15 is 0 Å². The fraction of sp³-hybridized carbons (Fsp3) is 0.211. The first-order chi connectivity index (χ1) is 13.2. The van der Waals surface area contributed by atoms with Gasteiger partial charge >= 0.3 is 0 Å². The summed E-state index contributed by atoms with van der Waals surface area (Å²) < 4.78 is 12.6. The van der Waals surface area contributed by atoms with E-state index in [1.807, 2.05) is 36.4 Å². The number of nitrogens with one attached hydrogen (secondary N) is 1. The predicted octanol–water partition coefficient (Wildman–Crippen LogP) is 2.61. The van der Waals surface area contributed by atoms with Crippen molar-refractivity contribution in [3.05, 3.63) is 47.8 Å². The molecule has 136 valence electrons. The van der Waals surface area contributed by atoms with Crippen molar-refractivity contribution in [3.8, 4) is 11.5 Å². The maximum atomic E-state index is 5.91. The van der Waals surface area contributed by atoms with Gasteiger partial charge in [-0.15, -0.1) is 5.10 Å². The van der Waals surface area contributed by atoms with Crippen LogP contribution in [-0.2, 0) is 6.42 Å². The third kappa shape index (κ3) is 2.57. The van der Waals surface area contributed by atoms with Crippen LogP contribution in [0.2, 0.25) is 0 Å². The molecule has 8 nitrogen and oxygen atoms in total. The third-order valence-electron chi connectivity index (χ3n) is 4.55. The SMILES string of the molecule is CCNc1cccc2nc(Cc3ccc4c(c3)OCO4)n3nc(N)nc3c12. The Kier molecular flexibility index (Phi) is 3.49. The van der Waals surface area contributed by atoms with E-state index in [2.05, 4.69) is 22.3 Å². The molecule has 0 saturated heterocycles. The molecule has 2 aromatic carbocycles. The van der Waals surface area contributed by atoms with Crippen molar-refractivity contribution in [2.24, 2.45) is 0 Å². The van der Waals surface area contributed by atoms with E-state index in [1.54, 1.807) is 4.52 Å². The molecule has 27 heavy (non-hydrogen) atoms. The summed E-state index contributed by atoms with van der Waals surface area (Å²) in [6, 6.07) is 11.8. The molecule has 4 aromatic rings. The number of benzene rings is 2. The van der Waals surface area contributed by atoms with E-state index in [0.29, 0.717) is 12.1 Å². The second kappa shape index (κ2) is 6.01. The number of nitrogens with two attached hydrogens (primary N) is 1. The number of aromatic nitrogens is 4. The van der Waals surface area contributed by atoms with Crippen LogP contribution in [-0.4, -0.2) is 32.9 Å². The third-order valence-corrected chi connectivity index (χ3v) is 4.55. The highest BCUT2D eigenvalue weighted by Gasteiger charge is 2.17. The number of ether oxygens (including phenoxy) is 2. The topological polar surface area (TPSA) is 99.6 Å². The normalized spacial score (nSPS) is 12.8. The Hall–Kier alpha value is -3.55. The Morgan fingerprint density at radius 1 is 1.15 bits per heavy atom. The first-order valence-electron chi connectivity index (χ1n) is 8.79. The number of hydrogen-bond acceptors (Lipinski definition) is 7. The van der Waals surface area contributed by atoms with E-state index in [1.165, 1.54) is 0 Å². The quantitative estimate of drug-likeness (QED) is 0.575. The maximum Gasteiger partial charge on any atom is 0.240 e. The number of fused-ring (bicyclic) bond motifs is 4. The molecule has 8 heteroatoms. The smallest absolute Gasteiger partial charge is 0.240 e. The van der Waals surface area contributed by atoms with Crippen molar-refractivity contribution in [3.63, 3.8) is 0 Å². The van der Waals surface area contributed by atoms with E-state index in [4.69, 9.17) is 20.2 Å². The van der Waals surface area contributed by atoms with Crippen molar-refractivity contribution in [1.82, 2.24) is 19.6 Å². The number of nitrogen functional groups attached to an aromatic ring is 1. The molecule has 5 rings (SSSR count). The molecule has 3 N–H and O–H groups in total. The van der Waals surface area contributed by atoms with Crippen molar-refractivity contribution in [2.75, 3.05) is 24.4 Å². The molecule has 0 saturated carbocycles. The van der Waals surface area contributed by atoms with Crippen LogP contribution in [0.15, 0.2) is 36.4 Å². The van der Waals surface area contributed by atoms with Gasteiger partial charge in [0, 0.05) is 18.7 Å². The highest BCUT2D eigenvalue weighted by atomic mass is 16.7. The van der Waals surface area contributed by atoms with Gasteiger partial charge in [0.1, 0.15) is 5.82 Å². The minimum atomic E-state index is 0.225. The van der Waals surface area contributed by atoms with Gasteiger partial charge in [-0.3, -0.25) is 0 Å². The van der Waals surface area contributed by atoms with Gasteiger partial charge in [-0.2, -0.15) is 9.50 Å². The van der Waals surface area contributed by atoms with E-state index in [-0.39, 0.29) is 12.7 Å². The zero-order valence-corrected chi connectivity index (χ0v) is 14.8. The molecule has 1 aliphatic rings. The second-order valence-electron chi connectivity index (χ2n) is 6.33. The summed E-state index contributed by atoms with van der Waals surface area (Å²) in [5.74, 6) is 2.49. The number of hydrogen-bond donors (Lipinski definition) is 2. The Labute approximate surface area is 154 Å². The van der Waals surface area contributed by atoms with Crippen molar-refractivity contribution in [1.29, 1.82) is 0 Å². The fourth-order valence-corrected chi connectivity index (χ4v) is 3.41. The molecule has 0 amide bonds. The molecule has 2 aromatic heterocycles. The molecule has 0 bridgehead atoms. The van der Waals surface area contributed by atoms with Gasteiger partial charge in [-0.05, 0) is 36.8 Å². The summed E-state index contributed by atoms with van der Waals surface area (Å²) >= 11 is 0. The second-order valence-corrected chi connectivity index (χ2v) is 6.33. The van der Waals surface area contributed by atoms with E-state index in [0.717, 1.165) is 46.0 Å². The summed E-state index contributed by atoms with van der Waals surface area (Å²) in [5, 5.41) is 8.64. The van der Waals surface area contributed by atoms with E-state index in [9.17, 15) is 0 Å². The van der Waals surface area contributed by atoms with Gasteiger partial charge in [-0.1, -0.05) is 12.1 Å². The lowest BCUT2D eigenvalue weighted by Gasteiger charge is -2.11. The van der Waals surface area contributed by atoms with E-state index < -0.39 is 0 Å². The molecule has 1 aliphatic heterocycles. The Morgan fingerprint density at radius 3 is 2.93 bits per heavy atom. The molecule has 0 radical (unpaired) electrons. The molecule has 0 aliphatic carbocycles. The monoisotopic (exact) mass is 362 g/mol.